The number of quaternary nitrogens is 1. The van der Waals surface area contributed by atoms with Gasteiger partial charge in [-0.05, 0) is 40.9 Å². The first-order valence-corrected chi connectivity index (χ1v) is 7.28. The summed E-state index contributed by atoms with van der Waals surface area (Å²) in [6.07, 6.45) is 2.67. The first-order chi connectivity index (χ1) is 8.60. The molecule has 0 saturated carbocycles. The number of rotatable bonds is 3. The average Bonchev–Trinajstić information content (AvgIpc) is 2.33. The van der Waals surface area contributed by atoms with E-state index in [1.807, 2.05) is 12.1 Å². The van der Waals surface area contributed by atoms with Crippen LogP contribution in [0.25, 0.3) is 0 Å². The van der Waals surface area contributed by atoms with Crippen molar-refractivity contribution in [2.75, 3.05) is 20.2 Å². The van der Waals surface area contributed by atoms with E-state index in [1.165, 1.54) is 31.5 Å². The second-order valence-corrected chi connectivity index (χ2v) is 6.11. The summed E-state index contributed by atoms with van der Waals surface area (Å²) in [7, 11) is 1.58. The monoisotopic (exact) mass is 314 g/mol. The molecule has 1 aliphatic rings. The minimum absolute atomic E-state index is 0.184. The SMILES string of the molecule is COc1cc(C[NH+]2CCC[C@H](C)C2)cc(Br)c1O. The standard InChI is InChI=1S/C14H20BrNO2/c1-10-4-3-5-16(8-10)9-11-6-12(15)14(17)13(7-11)18-2/h6-7,10,17H,3-5,8-9H2,1-2H3/p+1/t10-/m0/s1. The molecule has 1 aliphatic heterocycles. The second kappa shape index (κ2) is 5.93. The maximum Gasteiger partial charge on any atom is 0.172 e. The fourth-order valence-corrected chi connectivity index (χ4v) is 3.22. The van der Waals surface area contributed by atoms with Gasteiger partial charge in [0.15, 0.2) is 11.5 Å². The molecule has 3 nitrogen and oxygen atoms in total. The summed E-state index contributed by atoms with van der Waals surface area (Å²) in [5.41, 5.74) is 1.21. The number of hydrogen-bond donors (Lipinski definition) is 2. The first-order valence-electron chi connectivity index (χ1n) is 6.49. The highest BCUT2D eigenvalue weighted by Crippen LogP contribution is 2.34. The average molecular weight is 315 g/mol. The number of ether oxygens (including phenoxy) is 1. The number of aromatic hydroxyl groups is 1. The highest BCUT2D eigenvalue weighted by atomic mass is 79.9. The van der Waals surface area contributed by atoms with Crippen LogP contribution in [0, 0.1) is 5.92 Å². The topological polar surface area (TPSA) is 33.9 Å². The van der Waals surface area contributed by atoms with Crippen LogP contribution in [0.3, 0.4) is 0 Å². The minimum atomic E-state index is 0.184. The van der Waals surface area contributed by atoms with Crippen molar-refractivity contribution in [3.05, 3.63) is 22.2 Å². The largest absolute Gasteiger partial charge is 0.503 e. The fourth-order valence-electron chi connectivity index (χ4n) is 2.73. The molecule has 2 N–H and O–H groups in total. The lowest BCUT2D eigenvalue weighted by atomic mass is 10.00. The van der Waals surface area contributed by atoms with Crippen molar-refractivity contribution >= 4 is 15.9 Å². The van der Waals surface area contributed by atoms with Gasteiger partial charge in [-0.3, -0.25) is 0 Å². The van der Waals surface area contributed by atoms with Crippen LogP contribution in [0.1, 0.15) is 25.3 Å². The maximum atomic E-state index is 9.79. The van der Waals surface area contributed by atoms with E-state index in [9.17, 15) is 5.11 Å². The van der Waals surface area contributed by atoms with Gasteiger partial charge in [-0.2, -0.15) is 0 Å². The number of methoxy groups -OCH3 is 1. The van der Waals surface area contributed by atoms with E-state index in [1.54, 1.807) is 12.0 Å². The van der Waals surface area contributed by atoms with Crippen LogP contribution in [0.5, 0.6) is 11.5 Å². The summed E-state index contributed by atoms with van der Waals surface area (Å²) in [4.78, 5) is 1.62. The lowest BCUT2D eigenvalue weighted by molar-refractivity contribution is -0.922. The lowest BCUT2D eigenvalue weighted by Crippen LogP contribution is -3.12. The zero-order chi connectivity index (χ0) is 13.1. The molecule has 4 heteroatoms. The van der Waals surface area contributed by atoms with Gasteiger partial charge in [-0.15, -0.1) is 0 Å². The van der Waals surface area contributed by atoms with Crippen LogP contribution in [-0.2, 0) is 6.54 Å². The van der Waals surface area contributed by atoms with E-state index in [0.717, 1.165) is 12.5 Å². The van der Waals surface area contributed by atoms with Crippen LogP contribution in [0.4, 0.5) is 0 Å². The Morgan fingerprint density at radius 1 is 1.50 bits per heavy atom. The van der Waals surface area contributed by atoms with Crippen LogP contribution < -0.4 is 9.64 Å². The number of likely N-dealkylation sites (tertiary alicyclic amines) is 1. The van der Waals surface area contributed by atoms with E-state index >= 15 is 0 Å². The van der Waals surface area contributed by atoms with Gasteiger partial charge < -0.3 is 14.7 Å². The van der Waals surface area contributed by atoms with Crippen LogP contribution in [0.15, 0.2) is 16.6 Å². The fraction of sp³-hybridized carbons (Fsp3) is 0.571. The van der Waals surface area contributed by atoms with Crippen LogP contribution in [-0.4, -0.2) is 25.3 Å². The van der Waals surface area contributed by atoms with E-state index in [-0.39, 0.29) is 5.75 Å². The normalized spacial score (nSPS) is 23.9. The summed E-state index contributed by atoms with van der Waals surface area (Å²) in [5.74, 6) is 1.54. The number of hydrogen-bond acceptors (Lipinski definition) is 2. The Balaban J connectivity index is 2.11. The maximum absolute atomic E-state index is 9.79. The smallest absolute Gasteiger partial charge is 0.172 e. The molecule has 100 valence electrons. The molecule has 1 aromatic carbocycles. The summed E-state index contributed by atoms with van der Waals surface area (Å²) in [6.45, 7) is 5.80. The Morgan fingerprint density at radius 3 is 2.94 bits per heavy atom. The second-order valence-electron chi connectivity index (χ2n) is 5.26. The molecule has 18 heavy (non-hydrogen) atoms. The van der Waals surface area contributed by atoms with Gasteiger partial charge in [0.2, 0.25) is 0 Å². The number of piperidine rings is 1. The van der Waals surface area contributed by atoms with Crippen molar-refractivity contribution in [2.24, 2.45) is 5.92 Å². The third-order valence-electron chi connectivity index (χ3n) is 3.63. The summed E-state index contributed by atoms with van der Waals surface area (Å²) >= 11 is 3.38. The molecule has 1 aromatic rings. The predicted molar refractivity (Wildman–Crippen MR) is 75.2 cm³/mol. The van der Waals surface area contributed by atoms with Crippen molar-refractivity contribution in [1.82, 2.24) is 0 Å². The number of benzene rings is 1. The quantitative estimate of drug-likeness (QED) is 0.894. The Morgan fingerprint density at radius 2 is 2.28 bits per heavy atom. The molecular weight excluding hydrogens is 294 g/mol. The van der Waals surface area contributed by atoms with Crippen molar-refractivity contribution in [2.45, 2.75) is 26.3 Å². The van der Waals surface area contributed by atoms with Gasteiger partial charge in [0.05, 0.1) is 24.7 Å². The van der Waals surface area contributed by atoms with E-state index in [2.05, 4.69) is 22.9 Å². The zero-order valence-electron chi connectivity index (χ0n) is 11.0. The number of halogens is 1. The van der Waals surface area contributed by atoms with Gasteiger partial charge in [-0.1, -0.05) is 6.92 Å². The summed E-state index contributed by atoms with van der Waals surface area (Å²) in [5, 5.41) is 9.79. The Hall–Kier alpha value is -0.740. The molecule has 2 rings (SSSR count). The summed E-state index contributed by atoms with van der Waals surface area (Å²) in [6, 6.07) is 3.93. The molecule has 0 aliphatic carbocycles. The van der Waals surface area contributed by atoms with Gasteiger partial charge in [-0.25, -0.2) is 0 Å². The van der Waals surface area contributed by atoms with Gasteiger partial charge in [0, 0.05) is 11.5 Å². The first kappa shape index (κ1) is 13.7. The number of phenolic OH excluding ortho intramolecular Hbond substituents is 1. The number of nitrogens with one attached hydrogen (secondary N) is 1. The van der Waals surface area contributed by atoms with E-state index in [0.29, 0.717) is 10.2 Å². The van der Waals surface area contributed by atoms with E-state index < -0.39 is 0 Å². The van der Waals surface area contributed by atoms with Gasteiger partial charge in [0.1, 0.15) is 6.54 Å². The number of phenols is 1. The van der Waals surface area contributed by atoms with Crippen molar-refractivity contribution < 1.29 is 14.7 Å². The van der Waals surface area contributed by atoms with Crippen molar-refractivity contribution in [3.8, 4) is 11.5 Å². The molecule has 1 heterocycles. The molecule has 1 saturated heterocycles. The molecular formula is C14H21BrNO2+. The van der Waals surface area contributed by atoms with Gasteiger partial charge >= 0.3 is 0 Å². The molecule has 0 spiro atoms. The summed E-state index contributed by atoms with van der Waals surface area (Å²) < 4.78 is 5.90. The molecule has 0 amide bonds. The highest BCUT2D eigenvalue weighted by Gasteiger charge is 2.20. The van der Waals surface area contributed by atoms with Crippen LogP contribution in [0.2, 0.25) is 0 Å². The van der Waals surface area contributed by atoms with Crippen LogP contribution >= 0.6 is 15.9 Å². The molecule has 0 radical (unpaired) electrons. The lowest BCUT2D eigenvalue weighted by Gasteiger charge is -2.28. The molecule has 1 fully saturated rings. The highest BCUT2D eigenvalue weighted by molar-refractivity contribution is 9.10. The minimum Gasteiger partial charge on any atom is -0.503 e. The Labute approximate surface area is 117 Å². The van der Waals surface area contributed by atoms with Crippen molar-refractivity contribution in [1.29, 1.82) is 0 Å². The van der Waals surface area contributed by atoms with Crippen molar-refractivity contribution in [3.63, 3.8) is 0 Å². The Bertz CT molecular complexity index is 423. The molecule has 0 bridgehead atoms. The molecule has 0 aromatic heterocycles. The Kier molecular flexibility index (Phi) is 4.51. The predicted octanol–water partition coefficient (Wildman–Crippen LogP) is 1.98. The zero-order valence-corrected chi connectivity index (χ0v) is 12.6. The van der Waals surface area contributed by atoms with E-state index in [4.69, 9.17) is 4.74 Å². The molecule has 1 unspecified atom stereocenters. The van der Waals surface area contributed by atoms with Gasteiger partial charge in [0.25, 0.3) is 0 Å². The third-order valence-corrected chi connectivity index (χ3v) is 4.23. The third kappa shape index (κ3) is 3.18. The molecule has 2 atom stereocenters.